The Bertz CT molecular complexity index is 443. The summed E-state index contributed by atoms with van der Waals surface area (Å²) in [6.45, 7) is 0. The Kier molecular flexibility index (Phi) is 2.83. The first-order valence-corrected chi connectivity index (χ1v) is 5.41. The van der Waals surface area contributed by atoms with Gasteiger partial charge in [0.15, 0.2) is 0 Å². The molecule has 2 nitrogen and oxygen atoms in total. The molecule has 0 aliphatic heterocycles. The van der Waals surface area contributed by atoms with Gasteiger partial charge in [-0.15, -0.1) is 11.3 Å². The van der Waals surface area contributed by atoms with Crippen molar-refractivity contribution in [2.24, 2.45) is 0 Å². The number of thiophene rings is 1. The molecule has 0 bridgehead atoms. The summed E-state index contributed by atoms with van der Waals surface area (Å²) in [5, 5.41) is 1.90. The Balaban J connectivity index is 2.27. The first-order valence-electron chi connectivity index (χ1n) is 4.53. The number of hydrogen-bond acceptors (Lipinski definition) is 3. The van der Waals surface area contributed by atoms with Crippen LogP contribution in [-0.4, -0.2) is 12.9 Å². The van der Waals surface area contributed by atoms with Crippen molar-refractivity contribution in [1.29, 1.82) is 0 Å². The van der Waals surface area contributed by atoms with E-state index in [-0.39, 0.29) is 5.78 Å². The number of hydrogen-bond donors (Lipinski definition) is 0. The lowest BCUT2D eigenvalue weighted by Gasteiger charge is -2.01. The van der Waals surface area contributed by atoms with Gasteiger partial charge in [0.2, 0.25) is 5.78 Å². The van der Waals surface area contributed by atoms with Crippen LogP contribution in [0.25, 0.3) is 0 Å². The van der Waals surface area contributed by atoms with Crippen molar-refractivity contribution in [2.75, 3.05) is 7.11 Å². The lowest BCUT2D eigenvalue weighted by Crippen LogP contribution is -1.97. The summed E-state index contributed by atoms with van der Waals surface area (Å²) >= 11 is 1.46. The highest BCUT2D eigenvalue weighted by molar-refractivity contribution is 7.12. The van der Waals surface area contributed by atoms with Crippen LogP contribution in [0.1, 0.15) is 15.2 Å². The molecule has 0 aliphatic carbocycles. The number of ketones is 1. The molecule has 0 N–H and O–H groups in total. The van der Waals surface area contributed by atoms with E-state index >= 15 is 0 Å². The summed E-state index contributed by atoms with van der Waals surface area (Å²) in [4.78, 5) is 12.6. The molecule has 15 heavy (non-hydrogen) atoms. The third kappa shape index (κ3) is 2.07. The monoisotopic (exact) mass is 217 g/mol. The topological polar surface area (TPSA) is 26.3 Å². The quantitative estimate of drug-likeness (QED) is 0.739. The minimum Gasteiger partial charge on any atom is -0.497 e. The number of rotatable bonds is 3. The number of methoxy groups -OCH3 is 1. The number of benzene rings is 1. The van der Waals surface area contributed by atoms with Crippen molar-refractivity contribution in [3.05, 3.63) is 52.2 Å². The van der Waals surface area contributed by atoms with E-state index < -0.39 is 0 Å². The van der Waals surface area contributed by atoms with Crippen molar-refractivity contribution < 1.29 is 9.53 Å². The van der Waals surface area contributed by atoms with Gasteiger partial charge in [0.25, 0.3) is 0 Å². The van der Waals surface area contributed by atoms with E-state index in [1.165, 1.54) is 11.3 Å². The molecule has 0 fully saturated rings. The predicted octanol–water partition coefficient (Wildman–Crippen LogP) is 2.99. The first kappa shape index (κ1) is 9.93. The lowest BCUT2D eigenvalue weighted by atomic mass is 9.75. The Labute approximate surface area is 92.1 Å². The third-order valence-corrected chi connectivity index (χ3v) is 2.97. The van der Waals surface area contributed by atoms with Crippen LogP contribution in [0.5, 0.6) is 5.75 Å². The van der Waals surface area contributed by atoms with Gasteiger partial charge >= 0.3 is 0 Å². The zero-order valence-corrected chi connectivity index (χ0v) is 9.08. The Morgan fingerprint density at radius 1 is 1.20 bits per heavy atom. The van der Waals surface area contributed by atoms with Crippen LogP contribution in [-0.2, 0) is 0 Å². The predicted molar refractivity (Wildman–Crippen MR) is 60.7 cm³/mol. The van der Waals surface area contributed by atoms with Crippen molar-refractivity contribution in [3.8, 4) is 5.75 Å². The highest BCUT2D eigenvalue weighted by atomic mass is 32.1. The maximum Gasteiger partial charge on any atom is 0.202 e. The Hall–Kier alpha value is -1.61. The molecule has 0 radical (unpaired) electrons. The average Bonchev–Trinajstić information content (AvgIpc) is 2.82. The molecule has 76 valence electrons. The molecule has 3 heteroatoms. The minimum atomic E-state index is 0.0626. The zero-order valence-electron chi connectivity index (χ0n) is 8.27. The van der Waals surface area contributed by atoms with E-state index in [0.29, 0.717) is 5.56 Å². The summed E-state index contributed by atoms with van der Waals surface area (Å²) in [6, 6.07) is 10.8. The van der Waals surface area contributed by atoms with E-state index in [1.807, 2.05) is 17.5 Å². The van der Waals surface area contributed by atoms with Gasteiger partial charge in [0.1, 0.15) is 5.75 Å². The Morgan fingerprint density at radius 2 is 1.93 bits per heavy atom. The summed E-state index contributed by atoms with van der Waals surface area (Å²) < 4.78 is 5.03. The van der Waals surface area contributed by atoms with E-state index in [0.717, 1.165) is 10.6 Å². The fourth-order valence-electron chi connectivity index (χ4n) is 1.29. The summed E-state index contributed by atoms with van der Waals surface area (Å²) in [7, 11) is 1.61. The van der Waals surface area contributed by atoms with E-state index in [1.54, 1.807) is 31.4 Å². The number of carbonyl (C=O) groups is 1. The molecule has 0 unspecified atom stereocenters. The van der Waals surface area contributed by atoms with Crippen LogP contribution in [0.3, 0.4) is 0 Å². The smallest absolute Gasteiger partial charge is 0.202 e. The summed E-state index contributed by atoms with van der Waals surface area (Å²) in [5.74, 6) is 0.824. The van der Waals surface area contributed by atoms with Gasteiger partial charge in [-0.25, -0.2) is 0 Å². The van der Waals surface area contributed by atoms with Crippen molar-refractivity contribution >= 4 is 17.1 Å². The molecule has 1 aromatic heterocycles. The Morgan fingerprint density at radius 3 is 2.47 bits per heavy atom. The minimum absolute atomic E-state index is 0.0626. The normalized spacial score (nSPS) is 9.93. The largest absolute Gasteiger partial charge is 0.497 e. The van der Waals surface area contributed by atoms with Crippen LogP contribution in [0.4, 0.5) is 0 Å². The molecule has 0 aliphatic rings. The number of ether oxygens (including phenoxy) is 1. The zero-order chi connectivity index (χ0) is 10.7. The van der Waals surface area contributed by atoms with Crippen molar-refractivity contribution in [3.63, 3.8) is 0 Å². The van der Waals surface area contributed by atoms with Gasteiger partial charge in [-0.1, -0.05) is 6.07 Å². The standard InChI is InChI=1S/C12H10O2S/c1-14-10-6-4-9(5-7-10)12(13)11-3-2-8-15-11/h2-8H,1H3/i12-1. The van der Waals surface area contributed by atoms with Crippen LogP contribution >= 0.6 is 11.3 Å². The van der Waals surface area contributed by atoms with Gasteiger partial charge in [-0.05, 0) is 35.7 Å². The number of carbonyl (C=O) groups excluding carboxylic acids is 1. The molecule has 1 aromatic carbocycles. The van der Waals surface area contributed by atoms with Crippen LogP contribution < -0.4 is 4.74 Å². The van der Waals surface area contributed by atoms with E-state index in [2.05, 4.69) is 0 Å². The van der Waals surface area contributed by atoms with E-state index in [4.69, 9.17) is 4.74 Å². The second kappa shape index (κ2) is 4.28. The van der Waals surface area contributed by atoms with Gasteiger partial charge in [0, 0.05) is 5.56 Å². The second-order valence-electron chi connectivity index (χ2n) is 3.03. The molecule has 0 saturated carbocycles. The fraction of sp³-hybridized carbons (Fsp3) is 0.0833. The van der Waals surface area contributed by atoms with E-state index in [9.17, 15) is 4.79 Å². The highest BCUT2D eigenvalue weighted by Gasteiger charge is 2.09. The van der Waals surface area contributed by atoms with Crippen molar-refractivity contribution in [2.45, 2.75) is 0 Å². The van der Waals surface area contributed by atoms with Gasteiger partial charge in [0.05, 0.1) is 12.0 Å². The lowest BCUT2D eigenvalue weighted by molar-refractivity contribution is 0.104. The fourth-order valence-corrected chi connectivity index (χ4v) is 1.98. The maximum atomic E-state index is 11.9. The van der Waals surface area contributed by atoms with Crippen LogP contribution in [0, 0.1) is 0 Å². The molecule has 0 atom stereocenters. The summed E-state index contributed by atoms with van der Waals surface area (Å²) in [6.07, 6.45) is 0. The van der Waals surface area contributed by atoms with Gasteiger partial charge in [-0.2, -0.15) is 0 Å². The van der Waals surface area contributed by atoms with Gasteiger partial charge in [-0.3, -0.25) is 4.79 Å². The maximum absolute atomic E-state index is 11.9. The second-order valence-corrected chi connectivity index (χ2v) is 3.98. The molecule has 0 spiro atoms. The van der Waals surface area contributed by atoms with Crippen molar-refractivity contribution in [1.82, 2.24) is 0 Å². The highest BCUT2D eigenvalue weighted by Crippen LogP contribution is 2.17. The van der Waals surface area contributed by atoms with Gasteiger partial charge < -0.3 is 4.74 Å². The molecule has 2 aromatic rings. The van der Waals surface area contributed by atoms with Crippen LogP contribution in [0.15, 0.2) is 41.8 Å². The molecule has 0 amide bonds. The molecular weight excluding hydrogens is 207 g/mol. The average molecular weight is 217 g/mol. The van der Waals surface area contributed by atoms with Crippen LogP contribution in [0.2, 0.25) is 0 Å². The summed E-state index contributed by atoms with van der Waals surface area (Å²) in [5.41, 5.74) is 0.693. The first-order chi connectivity index (χ1) is 7.31. The third-order valence-electron chi connectivity index (χ3n) is 2.10. The SMILES string of the molecule is COc1ccc([11C](=O)c2cccs2)cc1. The molecule has 0 saturated heterocycles. The molecule has 1 heterocycles. The molecular formula is C12H10O2S. The molecule has 2 rings (SSSR count).